The van der Waals surface area contributed by atoms with Crippen LogP contribution in [-0.4, -0.2) is 65.5 Å². The number of nitrogens with zero attached hydrogens (tertiary/aromatic N) is 3. The number of amides is 1. The van der Waals surface area contributed by atoms with Crippen LogP contribution in [0.15, 0.2) is 30.3 Å². The Morgan fingerprint density at radius 3 is 2.61 bits per heavy atom. The maximum absolute atomic E-state index is 13.6. The van der Waals surface area contributed by atoms with Crippen LogP contribution >= 0.6 is 11.3 Å². The number of hydrogen-bond donors (Lipinski definition) is 0. The SMILES string of the molecule is CN1CCC(C)(C)c2cc3c(cc21)[Se]c1c2c4c(cc1=C3c1ccc(C(=O)N3CCCCC3)s1)CCC[N+]=4CCC2. The van der Waals surface area contributed by atoms with Crippen LogP contribution in [0.3, 0.4) is 0 Å². The first-order valence-corrected chi connectivity index (χ1v) is 18.2. The number of anilines is 1. The first-order chi connectivity index (χ1) is 19.9. The van der Waals surface area contributed by atoms with Gasteiger partial charge in [0.05, 0.1) is 0 Å². The summed E-state index contributed by atoms with van der Waals surface area (Å²) in [6, 6.07) is 12.1. The summed E-state index contributed by atoms with van der Waals surface area (Å²) >= 11 is 1.99. The van der Waals surface area contributed by atoms with Crippen molar-refractivity contribution in [3.8, 4) is 0 Å². The zero-order valence-electron chi connectivity index (χ0n) is 24.6. The zero-order chi connectivity index (χ0) is 27.9. The Hall–Kier alpha value is -2.40. The van der Waals surface area contributed by atoms with Gasteiger partial charge in [-0.1, -0.05) is 0 Å². The number of rotatable bonds is 2. The predicted octanol–water partition coefficient (Wildman–Crippen LogP) is 3.09. The van der Waals surface area contributed by atoms with E-state index >= 15 is 0 Å². The van der Waals surface area contributed by atoms with Crippen molar-refractivity contribution >= 4 is 52.4 Å². The number of carbonyl (C=O) groups is 1. The fourth-order valence-electron chi connectivity index (χ4n) is 7.90. The molecule has 1 amide bonds. The van der Waals surface area contributed by atoms with E-state index < -0.39 is 0 Å². The Morgan fingerprint density at radius 1 is 0.976 bits per heavy atom. The molecule has 5 aliphatic rings. The van der Waals surface area contributed by atoms with Crippen LogP contribution < -0.4 is 29.0 Å². The molecule has 1 aromatic heterocycles. The molecule has 0 atom stereocenters. The molecular weight excluding hydrogens is 589 g/mol. The number of fused-ring (bicyclic) bond motifs is 4. The van der Waals surface area contributed by atoms with Gasteiger partial charge in [-0.05, 0) is 0 Å². The minimum atomic E-state index is 0.155. The fourth-order valence-corrected chi connectivity index (χ4v) is 11.6. The minimum absolute atomic E-state index is 0.155. The molecule has 0 N–H and O–H groups in total. The van der Waals surface area contributed by atoms with Gasteiger partial charge in [0.1, 0.15) is 0 Å². The van der Waals surface area contributed by atoms with Gasteiger partial charge in [0, 0.05) is 0 Å². The molecule has 1 saturated heterocycles. The van der Waals surface area contributed by atoms with Crippen molar-refractivity contribution in [3.05, 3.63) is 72.9 Å². The molecule has 0 radical (unpaired) electrons. The van der Waals surface area contributed by atoms with Crippen LogP contribution in [0.4, 0.5) is 5.69 Å². The van der Waals surface area contributed by atoms with E-state index in [0.29, 0.717) is 0 Å². The van der Waals surface area contributed by atoms with Crippen molar-refractivity contribution in [2.75, 3.05) is 44.7 Å². The van der Waals surface area contributed by atoms with E-state index in [4.69, 9.17) is 0 Å². The number of thiophene rings is 1. The van der Waals surface area contributed by atoms with Gasteiger partial charge < -0.3 is 0 Å². The normalized spacial score (nSPS) is 20.8. The Labute approximate surface area is 253 Å². The Kier molecular flexibility index (Phi) is 6.29. The third kappa shape index (κ3) is 4.19. The van der Waals surface area contributed by atoms with Crippen LogP contribution in [0, 0.1) is 0 Å². The molecule has 0 spiro atoms. The number of hydrogen-bond acceptors (Lipinski definition) is 3. The van der Waals surface area contributed by atoms with Gasteiger partial charge in [-0.3, -0.25) is 0 Å². The summed E-state index contributed by atoms with van der Waals surface area (Å²) in [6.07, 6.45) is 9.58. The topological polar surface area (TPSA) is 26.6 Å². The third-order valence-electron chi connectivity index (χ3n) is 10.2. The molecule has 2 aromatic carbocycles. The molecule has 8 rings (SSSR count). The monoisotopic (exact) mass is 630 g/mol. The molecule has 6 heterocycles. The molecule has 0 aliphatic carbocycles. The van der Waals surface area contributed by atoms with E-state index in [1.807, 2.05) is 0 Å². The summed E-state index contributed by atoms with van der Waals surface area (Å²) < 4.78 is 5.82. The van der Waals surface area contributed by atoms with E-state index in [2.05, 4.69) is 65.6 Å². The van der Waals surface area contributed by atoms with Crippen molar-refractivity contribution < 1.29 is 4.79 Å². The summed E-state index contributed by atoms with van der Waals surface area (Å²) in [5, 5.41) is 3.05. The average molecular weight is 630 g/mol. The van der Waals surface area contributed by atoms with Crippen molar-refractivity contribution in [3.63, 3.8) is 0 Å². The molecule has 3 aromatic rings. The standard InChI is InChI=1S/C35H40N3OSSe/c1-35(2)13-18-36(3)27-21-30-24(20-26(27)35)31(28-11-12-29(40-28)34(39)38-14-5-4-6-15-38)25-19-22-9-7-16-37-17-8-10-23(32(22)37)33(25)41-30/h11-12,19-21H,4-10,13-18H2,1-3H3/q+1. The van der Waals surface area contributed by atoms with Gasteiger partial charge in [-0.15, -0.1) is 0 Å². The molecular formula is C35H40N3OSSe+. The number of carbonyl (C=O) groups excluding carboxylic acids is 1. The van der Waals surface area contributed by atoms with E-state index in [-0.39, 0.29) is 26.3 Å². The first-order valence-electron chi connectivity index (χ1n) is 15.7. The van der Waals surface area contributed by atoms with Gasteiger partial charge >= 0.3 is 255 Å². The number of likely N-dealkylation sites (tertiary alicyclic amines) is 1. The molecule has 0 saturated carbocycles. The van der Waals surface area contributed by atoms with Gasteiger partial charge in [-0.25, -0.2) is 0 Å². The molecule has 0 unspecified atom stereocenters. The van der Waals surface area contributed by atoms with Crippen LogP contribution in [0.25, 0.3) is 5.57 Å². The molecule has 41 heavy (non-hydrogen) atoms. The Morgan fingerprint density at radius 2 is 1.78 bits per heavy atom. The predicted molar refractivity (Wildman–Crippen MR) is 171 cm³/mol. The van der Waals surface area contributed by atoms with Gasteiger partial charge in [-0.2, -0.15) is 0 Å². The van der Waals surface area contributed by atoms with Gasteiger partial charge in [0.15, 0.2) is 0 Å². The summed E-state index contributed by atoms with van der Waals surface area (Å²) in [5.41, 5.74) is 9.06. The third-order valence-corrected chi connectivity index (χ3v) is 13.9. The fraction of sp³-hybridized carbons (Fsp3) is 0.486. The van der Waals surface area contributed by atoms with Crippen LogP contribution in [0.5, 0.6) is 0 Å². The number of aryl methyl sites for hydroxylation is 1. The zero-order valence-corrected chi connectivity index (χ0v) is 27.2. The molecule has 4 nitrogen and oxygen atoms in total. The summed E-state index contributed by atoms with van der Waals surface area (Å²) in [4.78, 5) is 20.3. The van der Waals surface area contributed by atoms with Crippen LogP contribution in [-0.2, 0) is 18.3 Å². The van der Waals surface area contributed by atoms with Crippen molar-refractivity contribution in [2.24, 2.45) is 0 Å². The van der Waals surface area contributed by atoms with Crippen LogP contribution in [0.2, 0.25) is 0 Å². The van der Waals surface area contributed by atoms with Crippen molar-refractivity contribution in [2.45, 2.75) is 70.6 Å². The quantitative estimate of drug-likeness (QED) is 0.252. The van der Waals surface area contributed by atoms with Gasteiger partial charge in [0.25, 0.3) is 0 Å². The number of piperidine rings is 1. The second-order valence-corrected chi connectivity index (χ2v) is 16.6. The number of benzene rings is 2. The van der Waals surface area contributed by atoms with Gasteiger partial charge in [0.2, 0.25) is 0 Å². The van der Waals surface area contributed by atoms with Crippen molar-refractivity contribution in [1.29, 1.82) is 0 Å². The van der Waals surface area contributed by atoms with E-state index in [1.54, 1.807) is 32.3 Å². The Bertz CT molecular complexity index is 1720. The summed E-state index contributed by atoms with van der Waals surface area (Å²) in [6.45, 7) is 10.2. The average Bonchev–Trinajstić information content (AvgIpc) is 3.48. The Balaban J connectivity index is 1.39. The second-order valence-electron chi connectivity index (χ2n) is 13.3. The second kappa shape index (κ2) is 9.82. The first kappa shape index (κ1) is 26.2. The molecule has 212 valence electrons. The van der Waals surface area contributed by atoms with E-state index in [0.717, 1.165) is 37.4 Å². The summed E-state index contributed by atoms with van der Waals surface area (Å²) in [5.74, 6) is 0.228. The molecule has 6 heteroatoms. The van der Waals surface area contributed by atoms with E-state index in [9.17, 15) is 4.79 Å². The summed E-state index contributed by atoms with van der Waals surface area (Å²) in [7, 11) is 2.27. The molecule has 1 fully saturated rings. The van der Waals surface area contributed by atoms with Crippen molar-refractivity contribution in [1.82, 2.24) is 9.48 Å². The molecule has 5 aliphatic heterocycles. The van der Waals surface area contributed by atoms with E-state index in [1.165, 1.54) is 88.6 Å². The molecule has 0 bridgehead atoms. The van der Waals surface area contributed by atoms with Crippen LogP contribution in [0.1, 0.15) is 89.2 Å². The maximum atomic E-state index is 13.6.